The average molecular weight is 386 g/mol. The van der Waals surface area contributed by atoms with Crippen LogP contribution in [-0.4, -0.2) is 61.4 Å². The molecule has 28 heavy (non-hydrogen) atoms. The highest BCUT2D eigenvalue weighted by Gasteiger charge is 2.46. The number of benzene rings is 1. The lowest BCUT2D eigenvalue weighted by atomic mass is 9.89. The van der Waals surface area contributed by atoms with E-state index < -0.39 is 5.54 Å². The number of para-hydroxylation sites is 1. The molecule has 2 fully saturated rings. The quantitative estimate of drug-likeness (QED) is 0.700. The summed E-state index contributed by atoms with van der Waals surface area (Å²) in [6.07, 6.45) is 3.24. The fourth-order valence-corrected chi connectivity index (χ4v) is 4.08. The number of carbonyl (C=O) groups excluding carboxylic acids is 3. The van der Waals surface area contributed by atoms with Gasteiger partial charge in [0.15, 0.2) is 0 Å². The van der Waals surface area contributed by atoms with Crippen molar-refractivity contribution in [1.29, 1.82) is 0 Å². The zero-order valence-electron chi connectivity index (χ0n) is 16.7. The molecule has 3 rings (SSSR count). The minimum Gasteiger partial charge on any atom is -0.365 e. The van der Waals surface area contributed by atoms with Crippen molar-refractivity contribution in [3.63, 3.8) is 0 Å². The van der Waals surface area contributed by atoms with E-state index in [2.05, 4.69) is 34.6 Å². The summed E-state index contributed by atoms with van der Waals surface area (Å²) < 4.78 is 0. The molecule has 0 spiro atoms. The topological polar surface area (TPSA) is 81.8 Å². The molecule has 0 bridgehead atoms. The molecule has 7 nitrogen and oxygen atoms in total. The third-order valence-corrected chi connectivity index (χ3v) is 5.91. The standard InChI is InChI=1S/C21H30N4O3/c1-16-14-24(12-13-25(16)18-6-4-3-5-7-18)19(27)10-11-21(15-26,17-8-9-17)23-20(28)22-2/h3-7,15-17H,8-14H2,1-2H3,(H2,22,23,28)/t16-,21?/m1/s1. The SMILES string of the molecule is CNC(=O)NC(C=O)(CCC(=O)N1CCN(c2ccccc2)[C@H](C)C1)C1CC1. The van der Waals surface area contributed by atoms with Gasteiger partial charge in [-0.1, -0.05) is 18.2 Å². The van der Waals surface area contributed by atoms with Crippen molar-refractivity contribution in [1.82, 2.24) is 15.5 Å². The van der Waals surface area contributed by atoms with Crippen LogP contribution in [0.3, 0.4) is 0 Å². The number of rotatable bonds is 7. The van der Waals surface area contributed by atoms with Crippen LogP contribution in [0.15, 0.2) is 30.3 Å². The average Bonchev–Trinajstić information content (AvgIpc) is 3.57. The summed E-state index contributed by atoms with van der Waals surface area (Å²) in [5.74, 6) is 0.175. The molecule has 2 aliphatic rings. The maximum absolute atomic E-state index is 12.8. The summed E-state index contributed by atoms with van der Waals surface area (Å²) >= 11 is 0. The lowest BCUT2D eigenvalue weighted by Gasteiger charge is -2.41. The van der Waals surface area contributed by atoms with Gasteiger partial charge < -0.3 is 25.2 Å². The van der Waals surface area contributed by atoms with Crippen molar-refractivity contribution < 1.29 is 14.4 Å². The van der Waals surface area contributed by atoms with Crippen molar-refractivity contribution in [2.24, 2.45) is 5.92 Å². The molecule has 1 saturated heterocycles. The Kier molecular flexibility index (Phi) is 6.21. The molecule has 1 aliphatic heterocycles. The molecule has 1 aromatic rings. The third-order valence-electron chi connectivity index (χ3n) is 5.91. The smallest absolute Gasteiger partial charge is 0.315 e. The summed E-state index contributed by atoms with van der Waals surface area (Å²) in [6, 6.07) is 10.1. The van der Waals surface area contributed by atoms with Gasteiger partial charge in [0, 0.05) is 44.8 Å². The lowest BCUT2D eigenvalue weighted by molar-refractivity contribution is -0.132. The molecule has 2 N–H and O–H groups in total. The molecule has 7 heteroatoms. The van der Waals surface area contributed by atoms with Crippen molar-refractivity contribution in [2.45, 2.75) is 44.2 Å². The van der Waals surface area contributed by atoms with Crippen molar-refractivity contribution in [3.8, 4) is 0 Å². The Balaban J connectivity index is 1.57. The Hall–Kier alpha value is -2.57. The number of carbonyl (C=O) groups is 3. The molecule has 1 saturated carbocycles. The van der Waals surface area contributed by atoms with Gasteiger partial charge in [-0.25, -0.2) is 4.79 Å². The molecule has 1 heterocycles. The number of nitrogens with one attached hydrogen (secondary N) is 2. The van der Waals surface area contributed by atoms with Crippen LogP contribution < -0.4 is 15.5 Å². The summed E-state index contributed by atoms with van der Waals surface area (Å²) in [6.45, 7) is 4.24. The van der Waals surface area contributed by atoms with Crippen LogP contribution in [0.5, 0.6) is 0 Å². The second kappa shape index (κ2) is 8.63. The molecule has 1 unspecified atom stereocenters. The van der Waals surface area contributed by atoms with Gasteiger partial charge in [0.1, 0.15) is 11.8 Å². The maximum Gasteiger partial charge on any atom is 0.315 e. The Morgan fingerprint density at radius 1 is 1.21 bits per heavy atom. The monoisotopic (exact) mass is 386 g/mol. The maximum atomic E-state index is 12.8. The number of amides is 3. The molecular formula is C21H30N4O3. The Bertz CT molecular complexity index is 707. The normalized spacial score (nSPS) is 21.6. The largest absolute Gasteiger partial charge is 0.365 e. The van der Waals surface area contributed by atoms with E-state index in [1.165, 1.54) is 12.7 Å². The first-order valence-electron chi connectivity index (χ1n) is 10.0. The third kappa shape index (κ3) is 4.46. The number of nitrogens with zero attached hydrogens (tertiary/aromatic N) is 2. The highest BCUT2D eigenvalue weighted by Crippen LogP contribution is 2.41. The van der Waals surface area contributed by atoms with Gasteiger partial charge >= 0.3 is 6.03 Å². The van der Waals surface area contributed by atoms with Crippen LogP contribution in [-0.2, 0) is 9.59 Å². The van der Waals surface area contributed by atoms with E-state index in [9.17, 15) is 14.4 Å². The molecule has 1 aromatic carbocycles. The van der Waals surface area contributed by atoms with Gasteiger partial charge in [-0.3, -0.25) is 4.79 Å². The number of hydrogen-bond donors (Lipinski definition) is 2. The summed E-state index contributed by atoms with van der Waals surface area (Å²) in [5.41, 5.74) is 0.235. The van der Waals surface area contributed by atoms with Crippen LogP contribution in [0.4, 0.5) is 10.5 Å². The Labute approximate surface area is 166 Å². The fourth-order valence-electron chi connectivity index (χ4n) is 4.08. The highest BCUT2D eigenvalue weighted by molar-refractivity contribution is 5.82. The first kappa shape index (κ1) is 20.2. The van der Waals surface area contributed by atoms with E-state index in [1.807, 2.05) is 23.1 Å². The van der Waals surface area contributed by atoms with E-state index in [-0.39, 0.29) is 30.3 Å². The van der Waals surface area contributed by atoms with Gasteiger partial charge in [-0.15, -0.1) is 0 Å². The summed E-state index contributed by atoms with van der Waals surface area (Å²) in [4.78, 5) is 40.6. The second-order valence-electron chi connectivity index (χ2n) is 7.85. The summed E-state index contributed by atoms with van der Waals surface area (Å²) in [7, 11) is 1.52. The van der Waals surface area contributed by atoms with Crippen LogP contribution in [0.2, 0.25) is 0 Å². The fraction of sp³-hybridized carbons (Fsp3) is 0.571. The predicted octanol–water partition coefficient (Wildman–Crippen LogP) is 1.78. The van der Waals surface area contributed by atoms with E-state index in [4.69, 9.17) is 0 Å². The molecule has 3 amide bonds. The van der Waals surface area contributed by atoms with Gasteiger partial charge in [-0.2, -0.15) is 0 Å². The molecular weight excluding hydrogens is 356 g/mol. The zero-order valence-corrected chi connectivity index (χ0v) is 16.7. The first-order chi connectivity index (χ1) is 13.5. The van der Waals surface area contributed by atoms with Gasteiger partial charge in [0.2, 0.25) is 5.91 Å². The van der Waals surface area contributed by atoms with Crippen molar-refractivity contribution >= 4 is 23.9 Å². The number of aldehydes is 1. The second-order valence-corrected chi connectivity index (χ2v) is 7.85. The van der Waals surface area contributed by atoms with Crippen LogP contribution in [0.1, 0.15) is 32.6 Å². The molecule has 2 atom stereocenters. The van der Waals surface area contributed by atoms with Crippen molar-refractivity contribution in [2.75, 3.05) is 31.6 Å². The Morgan fingerprint density at radius 3 is 2.50 bits per heavy atom. The van der Waals surface area contributed by atoms with Crippen LogP contribution >= 0.6 is 0 Å². The van der Waals surface area contributed by atoms with E-state index in [0.717, 1.165) is 25.7 Å². The van der Waals surface area contributed by atoms with Crippen LogP contribution in [0, 0.1) is 5.92 Å². The minimum absolute atomic E-state index is 0.0464. The predicted molar refractivity (Wildman–Crippen MR) is 108 cm³/mol. The van der Waals surface area contributed by atoms with Crippen LogP contribution in [0.25, 0.3) is 0 Å². The first-order valence-corrected chi connectivity index (χ1v) is 10.0. The highest BCUT2D eigenvalue weighted by atomic mass is 16.2. The van der Waals surface area contributed by atoms with E-state index in [1.54, 1.807) is 0 Å². The lowest BCUT2D eigenvalue weighted by Crippen LogP contribution is -2.56. The minimum atomic E-state index is -0.937. The molecule has 0 radical (unpaired) electrons. The van der Waals surface area contributed by atoms with Gasteiger partial charge in [0.25, 0.3) is 0 Å². The zero-order chi connectivity index (χ0) is 20.1. The molecule has 152 valence electrons. The van der Waals surface area contributed by atoms with Crippen molar-refractivity contribution in [3.05, 3.63) is 30.3 Å². The molecule has 1 aliphatic carbocycles. The molecule has 0 aromatic heterocycles. The van der Waals surface area contributed by atoms with E-state index >= 15 is 0 Å². The number of urea groups is 1. The van der Waals surface area contributed by atoms with Gasteiger partial charge in [0.05, 0.1) is 0 Å². The van der Waals surface area contributed by atoms with E-state index in [0.29, 0.717) is 19.5 Å². The number of piperazine rings is 1. The number of hydrogen-bond acceptors (Lipinski definition) is 4. The number of anilines is 1. The summed E-state index contributed by atoms with van der Waals surface area (Å²) in [5, 5.41) is 5.29. The van der Waals surface area contributed by atoms with Gasteiger partial charge in [-0.05, 0) is 44.2 Å². The Morgan fingerprint density at radius 2 is 1.93 bits per heavy atom.